The summed E-state index contributed by atoms with van der Waals surface area (Å²) >= 11 is 6.13. The molecule has 0 spiro atoms. The molecule has 112 valence electrons. The van der Waals surface area contributed by atoms with Gasteiger partial charge in [-0.2, -0.15) is 0 Å². The second kappa shape index (κ2) is 7.34. The molecule has 1 unspecified atom stereocenters. The van der Waals surface area contributed by atoms with Gasteiger partial charge in [0.2, 0.25) is 0 Å². The zero-order valence-corrected chi connectivity index (χ0v) is 13.3. The van der Waals surface area contributed by atoms with Crippen molar-refractivity contribution in [2.75, 3.05) is 14.2 Å². The van der Waals surface area contributed by atoms with E-state index in [-0.39, 0.29) is 6.10 Å². The minimum Gasteiger partial charge on any atom is -0.493 e. The Morgan fingerprint density at radius 3 is 2.52 bits per heavy atom. The van der Waals surface area contributed by atoms with Crippen LogP contribution in [0.5, 0.6) is 11.5 Å². The topological polar surface area (TPSA) is 30.5 Å². The molecule has 2 aromatic carbocycles. The Bertz CT molecular complexity index is 587. The van der Waals surface area contributed by atoms with Crippen molar-refractivity contribution in [2.24, 2.45) is 0 Å². The van der Waals surface area contributed by atoms with Gasteiger partial charge in [0.1, 0.15) is 6.10 Å². The van der Waals surface area contributed by atoms with Gasteiger partial charge in [-0.05, 0) is 25.6 Å². The number of hydrogen-bond acceptors (Lipinski definition) is 3. The van der Waals surface area contributed by atoms with E-state index in [1.54, 1.807) is 13.2 Å². The minimum atomic E-state index is -0.0723. The number of ether oxygens (including phenoxy) is 2. The predicted molar refractivity (Wildman–Crippen MR) is 86.3 cm³/mol. The van der Waals surface area contributed by atoms with E-state index < -0.39 is 0 Å². The van der Waals surface area contributed by atoms with Crippen LogP contribution in [0.1, 0.15) is 24.2 Å². The van der Waals surface area contributed by atoms with Crippen LogP contribution in [0.3, 0.4) is 0 Å². The fourth-order valence-corrected chi connectivity index (χ4v) is 2.43. The Hall–Kier alpha value is -1.71. The Morgan fingerprint density at radius 1 is 1.19 bits per heavy atom. The molecule has 1 atom stereocenters. The van der Waals surface area contributed by atoms with Crippen molar-refractivity contribution in [1.29, 1.82) is 0 Å². The summed E-state index contributed by atoms with van der Waals surface area (Å²) in [5.41, 5.74) is 2.09. The molecule has 4 heteroatoms. The highest BCUT2D eigenvalue weighted by Crippen LogP contribution is 2.37. The summed E-state index contributed by atoms with van der Waals surface area (Å²) in [7, 11) is 3.51. The van der Waals surface area contributed by atoms with Crippen LogP contribution in [0.4, 0.5) is 0 Å². The molecule has 0 amide bonds. The van der Waals surface area contributed by atoms with E-state index in [1.807, 2.05) is 50.4 Å². The number of halogens is 1. The Kier molecular flexibility index (Phi) is 5.48. The molecule has 0 aliphatic carbocycles. The lowest BCUT2D eigenvalue weighted by molar-refractivity contribution is 0.213. The molecular weight excluding hydrogens is 286 g/mol. The maximum absolute atomic E-state index is 6.14. The second-order valence-corrected chi connectivity index (χ2v) is 5.23. The first-order valence-corrected chi connectivity index (χ1v) is 7.26. The molecule has 0 saturated heterocycles. The molecule has 3 nitrogen and oxygen atoms in total. The summed E-state index contributed by atoms with van der Waals surface area (Å²) in [6.45, 7) is 2.68. The average molecular weight is 306 g/mol. The molecular formula is C17H20ClNO2. The van der Waals surface area contributed by atoms with Crippen LogP contribution < -0.4 is 14.8 Å². The smallest absolute Gasteiger partial charge is 0.166 e. The van der Waals surface area contributed by atoms with E-state index in [9.17, 15) is 0 Å². The maximum atomic E-state index is 6.14. The third kappa shape index (κ3) is 3.90. The van der Waals surface area contributed by atoms with Crippen molar-refractivity contribution >= 4 is 11.6 Å². The molecule has 0 aliphatic rings. The number of rotatable bonds is 6. The van der Waals surface area contributed by atoms with E-state index in [0.29, 0.717) is 17.3 Å². The molecule has 0 aliphatic heterocycles. The Labute approximate surface area is 130 Å². The van der Waals surface area contributed by atoms with Gasteiger partial charge in [-0.1, -0.05) is 41.9 Å². The summed E-state index contributed by atoms with van der Waals surface area (Å²) < 4.78 is 11.6. The number of hydrogen-bond donors (Lipinski definition) is 1. The van der Waals surface area contributed by atoms with Gasteiger partial charge in [0, 0.05) is 23.2 Å². The van der Waals surface area contributed by atoms with Crippen molar-refractivity contribution in [3.05, 3.63) is 58.6 Å². The molecule has 2 rings (SSSR count). The highest BCUT2D eigenvalue weighted by atomic mass is 35.5. The zero-order valence-electron chi connectivity index (χ0n) is 12.5. The highest BCUT2D eigenvalue weighted by Gasteiger charge is 2.16. The number of methoxy groups -OCH3 is 1. The summed E-state index contributed by atoms with van der Waals surface area (Å²) in [5, 5.41) is 3.76. The molecule has 1 N–H and O–H groups in total. The van der Waals surface area contributed by atoms with E-state index in [1.165, 1.54) is 0 Å². The summed E-state index contributed by atoms with van der Waals surface area (Å²) in [4.78, 5) is 0. The van der Waals surface area contributed by atoms with Gasteiger partial charge >= 0.3 is 0 Å². The second-order valence-electron chi connectivity index (χ2n) is 4.80. The van der Waals surface area contributed by atoms with Crippen molar-refractivity contribution in [1.82, 2.24) is 5.32 Å². The SMILES string of the molecule is CNCc1cc(Cl)cc(OC)c1OC(C)c1ccccc1. The lowest BCUT2D eigenvalue weighted by Gasteiger charge is -2.20. The van der Waals surface area contributed by atoms with Crippen LogP contribution in [-0.2, 0) is 6.54 Å². The zero-order chi connectivity index (χ0) is 15.2. The molecule has 0 bridgehead atoms. The van der Waals surface area contributed by atoms with Crippen LogP contribution in [-0.4, -0.2) is 14.2 Å². The largest absolute Gasteiger partial charge is 0.493 e. The van der Waals surface area contributed by atoms with Crippen LogP contribution >= 0.6 is 11.6 Å². The lowest BCUT2D eigenvalue weighted by Crippen LogP contribution is -2.10. The van der Waals surface area contributed by atoms with Gasteiger partial charge in [-0.3, -0.25) is 0 Å². The van der Waals surface area contributed by atoms with Gasteiger partial charge in [-0.25, -0.2) is 0 Å². The van der Waals surface area contributed by atoms with E-state index in [2.05, 4.69) is 5.32 Å². The molecule has 2 aromatic rings. The first kappa shape index (κ1) is 15.7. The van der Waals surface area contributed by atoms with E-state index in [4.69, 9.17) is 21.1 Å². The van der Waals surface area contributed by atoms with Crippen LogP contribution in [0.15, 0.2) is 42.5 Å². The Balaban J connectivity index is 2.33. The molecule has 0 heterocycles. The monoisotopic (exact) mass is 305 g/mol. The van der Waals surface area contributed by atoms with Gasteiger partial charge in [0.15, 0.2) is 11.5 Å². The third-order valence-electron chi connectivity index (χ3n) is 3.25. The van der Waals surface area contributed by atoms with E-state index >= 15 is 0 Å². The summed E-state index contributed by atoms with van der Waals surface area (Å²) in [5.74, 6) is 1.38. The molecule has 0 radical (unpaired) electrons. The predicted octanol–water partition coefficient (Wildman–Crippen LogP) is 4.21. The minimum absolute atomic E-state index is 0.0723. The highest BCUT2D eigenvalue weighted by molar-refractivity contribution is 6.30. The number of benzene rings is 2. The first-order chi connectivity index (χ1) is 10.2. The maximum Gasteiger partial charge on any atom is 0.166 e. The summed E-state index contributed by atoms with van der Waals surface area (Å²) in [6, 6.07) is 13.8. The quantitative estimate of drug-likeness (QED) is 0.867. The fraction of sp³-hybridized carbons (Fsp3) is 0.294. The third-order valence-corrected chi connectivity index (χ3v) is 3.47. The van der Waals surface area contributed by atoms with Gasteiger partial charge in [-0.15, -0.1) is 0 Å². The molecule has 0 saturated carbocycles. The fourth-order valence-electron chi connectivity index (χ4n) is 2.20. The molecule has 0 aromatic heterocycles. The molecule has 21 heavy (non-hydrogen) atoms. The van der Waals surface area contributed by atoms with Crippen molar-refractivity contribution in [3.8, 4) is 11.5 Å². The normalized spacial score (nSPS) is 12.0. The van der Waals surface area contributed by atoms with Crippen LogP contribution in [0.2, 0.25) is 5.02 Å². The average Bonchev–Trinajstić information content (AvgIpc) is 2.50. The molecule has 0 fully saturated rings. The van der Waals surface area contributed by atoms with Crippen molar-refractivity contribution < 1.29 is 9.47 Å². The summed E-state index contributed by atoms with van der Waals surface area (Å²) in [6.07, 6.45) is -0.0723. The van der Waals surface area contributed by atoms with Gasteiger partial charge in [0.05, 0.1) is 7.11 Å². The van der Waals surface area contributed by atoms with Crippen LogP contribution in [0, 0.1) is 0 Å². The van der Waals surface area contributed by atoms with Gasteiger partial charge < -0.3 is 14.8 Å². The number of nitrogens with one attached hydrogen (secondary N) is 1. The first-order valence-electron chi connectivity index (χ1n) is 6.88. The Morgan fingerprint density at radius 2 is 1.90 bits per heavy atom. The standard InChI is InChI=1S/C17H20ClNO2/c1-12(13-7-5-4-6-8-13)21-17-14(11-19-2)9-15(18)10-16(17)20-3/h4-10,12,19H,11H2,1-3H3. The van der Waals surface area contributed by atoms with Crippen molar-refractivity contribution in [3.63, 3.8) is 0 Å². The lowest BCUT2D eigenvalue weighted by atomic mass is 10.1. The van der Waals surface area contributed by atoms with Crippen LogP contribution in [0.25, 0.3) is 0 Å². The van der Waals surface area contributed by atoms with Crippen molar-refractivity contribution in [2.45, 2.75) is 19.6 Å². The van der Waals surface area contributed by atoms with Gasteiger partial charge in [0.25, 0.3) is 0 Å². The van der Waals surface area contributed by atoms with E-state index in [0.717, 1.165) is 16.9 Å².